The van der Waals surface area contributed by atoms with Crippen LogP contribution >= 0.6 is 0 Å². The van der Waals surface area contributed by atoms with Crippen molar-refractivity contribution in [3.8, 4) is 0 Å². The Hall–Kier alpha value is -2.40. The van der Waals surface area contributed by atoms with Gasteiger partial charge in [0, 0.05) is 26.7 Å². The summed E-state index contributed by atoms with van der Waals surface area (Å²) >= 11 is 0. The summed E-state index contributed by atoms with van der Waals surface area (Å²) in [6, 6.07) is 17.4. The molecule has 0 spiro atoms. The van der Waals surface area contributed by atoms with E-state index in [1.165, 1.54) is 48.9 Å². The van der Waals surface area contributed by atoms with Crippen molar-refractivity contribution in [1.29, 1.82) is 0 Å². The van der Waals surface area contributed by atoms with Gasteiger partial charge in [-0.2, -0.15) is 0 Å². The SMILES string of the molecule is C1CCC1.CN=C(O[C@@H]1CCNC1)N1CCc2ccccc2C1.Fc1ccccc1. The van der Waals surface area contributed by atoms with Gasteiger partial charge in [-0.25, -0.2) is 9.38 Å². The molecule has 0 radical (unpaired) electrons. The van der Waals surface area contributed by atoms with E-state index >= 15 is 0 Å². The van der Waals surface area contributed by atoms with Crippen LogP contribution in [0.25, 0.3) is 0 Å². The summed E-state index contributed by atoms with van der Waals surface area (Å²) in [6.07, 6.45) is 8.42. The van der Waals surface area contributed by atoms with E-state index in [1.54, 1.807) is 18.2 Å². The number of fused-ring (bicyclic) bond motifs is 1. The van der Waals surface area contributed by atoms with Crippen molar-refractivity contribution in [3.63, 3.8) is 0 Å². The standard InChI is InChI=1S/C15H21N3O.C6H5F.C4H8/c1-16-15(19-14-6-8-17-10-14)18-9-7-12-4-2-3-5-13(12)11-18;7-6-4-2-1-3-5-6;1-2-4-3-1/h2-5,14,17H,6-11H2,1H3;1-5H;1-4H2/t14-;;/m1../s1. The predicted octanol–water partition coefficient (Wildman–Crippen LogP) is 4.80. The largest absolute Gasteiger partial charge is 0.460 e. The molecule has 2 aromatic rings. The number of ether oxygens (including phenoxy) is 1. The van der Waals surface area contributed by atoms with Gasteiger partial charge in [0.2, 0.25) is 0 Å². The van der Waals surface area contributed by atoms with Crippen LogP contribution in [0, 0.1) is 5.82 Å². The first kappa shape index (κ1) is 22.3. The number of rotatable bonds is 1. The molecule has 1 saturated carbocycles. The van der Waals surface area contributed by atoms with Crippen LogP contribution in [-0.4, -0.2) is 43.7 Å². The summed E-state index contributed by atoms with van der Waals surface area (Å²) in [4.78, 5) is 6.59. The molecule has 5 rings (SSSR count). The topological polar surface area (TPSA) is 36.9 Å². The summed E-state index contributed by atoms with van der Waals surface area (Å²) in [7, 11) is 1.82. The second-order valence-corrected chi connectivity index (χ2v) is 7.89. The Morgan fingerprint density at radius 1 is 1.00 bits per heavy atom. The van der Waals surface area contributed by atoms with Crippen LogP contribution in [0.2, 0.25) is 0 Å². The first-order valence-corrected chi connectivity index (χ1v) is 11.1. The molecule has 2 aliphatic heterocycles. The minimum atomic E-state index is -0.178. The summed E-state index contributed by atoms with van der Waals surface area (Å²) in [6.45, 7) is 3.88. The van der Waals surface area contributed by atoms with E-state index in [0.717, 1.165) is 45.0 Å². The highest BCUT2D eigenvalue weighted by atomic mass is 19.1. The average molecular weight is 412 g/mol. The summed E-state index contributed by atoms with van der Waals surface area (Å²) in [5.41, 5.74) is 2.85. The van der Waals surface area contributed by atoms with Gasteiger partial charge in [-0.05, 0) is 42.6 Å². The van der Waals surface area contributed by atoms with Gasteiger partial charge in [0.15, 0.2) is 0 Å². The Labute approximate surface area is 180 Å². The first-order valence-electron chi connectivity index (χ1n) is 11.1. The number of nitrogens with one attached hydrogen (secondary N) is 1. The van der Waals surface area contributed by atoms with E-state index in [9.17, 15) is 4.39 Å². The van der Waals surface area contributed by atoms with Crippen molar-refractivity contribution in [2.45, 2.75) is 51.2 Å². The molecule has 1 N–H and O–H groups in total. The lowest BCUT2D eigenvalue weighted by Crippen LogP contribution is -2.39. The molecule has 0 bridgehead atoms. The van der Waals surface area contributed by atoms with Crippen LogP contribution in [0.3, 0.4) is 0 Å². The fourth-order valence-corrected chi connectivity index (χ4v) is 3.47. The molecule has 0 unspecified atom stereocenters. The molecule has 162 valence electrons. The lowest BCUT2D eigenvalue weighted by molar-refractivity contribution is 0.158. The third-order valence-corrected chi connectivity index (χ3v) is 5.61. The molecule has 4 nitrogen and oxygen atoms in total. The van der Waals surface area contributed by atoms with E-state index in [4.69, 9.17) is 4.74 Å². The van der Waals surface area contributed by atoms with E-state index in [0.29, 0.717) is 0 Å². The fraction of sp³-hybridized carbons (Fsp3) is 0.480. The molecule has 1 aliphatic carbocycles. The Morgan fingerprint density at radius 3 is 2.20 bits per heavy atom. The number of halogens is 1. The van der Waals surface area contributed by atoms with Crippen LogP contribution in [-0.2, 0) is 17.7 Å². The molecule has 3 aliphatic rings. The zero-order chi connectivity index (χ0) is 21.0. The highest BCUT2D eigenvalue weighted by molar-refractivity contribution is 5.74. The zero-order valence-corrected chi connectivity index (χ0v) is 18.0. The van der Waals surface area contributed by atoms with Crippen molar-refractivity contribution >= 4 is 6.02 Å². The monoisotopic (exact) mass is 411 g/mol. The van der Waals surface area contributed by atoms with Gasteiger partial charge in [-0.3, -0.25) is 0 Å². The number of hydrogen-bond donors (Lipinski definition) is 1. The maximum atomic E-state index is 11.9. The summed E-state index contributed by atoms with van der Waals surface area (Å²) in [5.74, 6) is -0.178. The van der Waals surface area contributed by atoms with E-state index in [-0.39, 0.29) is 11.9 Å². The first-order chi connectivity index (χ1) is 14.8. The summed E-state index contributed by atoms with van der Waals surface area (Å²) in [5, 5.41) is 3.32. The normalized spacial score (nSPS) is 20.0. The quantitative estimate of drug-likeness (QED) is 0.541. The molecular weight excluding hydrogens is 377 g/mol. The molecule has 5 heteroatoms. The van der Waals surface area contributed by atoms with Crippen molar-refractivity contribution in [1.82, 2.24) is 10.2 Å². The highest BCUT2D eigenvalue weighted by Gasteiger charge is 2.24. The van der Waals surface area contributed by atoms with Gasteiger partial charge >= 0.3 is 0 Å². The third kappa shape index (κ3) is 7.13. The molecule has 30 heavy (non-hydrogen) atoms. The maximum absolute atomic E-state index is 11.9. The predicted molar refractivity (Wildman–Crippen MR) is 121 cm³/mol. The number of amidine groups is 1. The van der Waals surface area contributed by atoms with Crippen molar-refractivity contribution in [2.24, 2.45) is 4.99 Å². The smallest absolute Gasteiger partial charge is 0.287 e. The van der Waals surface area contributed by atoms with E-state index in [1.807, 2.05) is 7.05 Å². The Morgan fingerprint density at radius 2 is 1.67 bits per heavy atom. The average Bonchev–Trinajstić information content (AvgIpc) is 3.25. The van der Waals surface area contributed by atoms with Gasteiger partial charge in [0.05, 0.1) is 0 Å². The van der Waals surface area contributed by atoms with Crippen molar-refractivity contribution < 1.29 is 9.13 Å². The lowest BCUT2D eigenvalue weighted by Gasteiger charge is -2.31. The third-order valence-electron chi connectivity index (χ3n) is 5.61. The Kier molecular flexibility index (Phi) is 9.16. The van der Waals surface area contributed by atoms with Crippen LogP contribution in [0.15, 0.2) is 59.6 Å². The molecule has 2 aromatic carbocycles. The van der Waals surface area contributed by atoms with Crippen molar-refractivity contribution in [2.75, 3.05) is 26.7 Å². The molecule has 0 amide bonds. The Balaban J connectivity index is 0.000000189. The maximum Gasteiger partial charge on any atom is 0.287 e. The molecular formula is C25H34FN3O. The second kappa shape index (κ2) is 12.3. The molecule has 1 saturated heterocycles. The van der Waals surface area contributed by atoms with Crippen LogP contribution in [0.1, 0.15) is 43.2 Å². The number of benzene rings is 2. The van der Waals surface area contributed by atoms with Crippen molar-refractivity contribution in [3.05, 3.63) is 71.5 Å². The van der Waals surface area contributed by atoms with E-state index in [2.05, 4.69) is 39.5 Å². The second-order valence-electron chi connectivity index (χ2n) is 7.89. The van der Waals surface area contributed by atoms with Gasteiger partial charge in [-0.15, -0.1) is 0 Å². The molecule has 2 heterocycles. The van der Waals surface area contributed by atoms with Crippen LogP contribution in [0.4, 0.5) is 4.39 Å². The lowest BCUT2D eigenvalue weighted by atomic mass is 10.0. The van der Waals surface area contributed by atoms with Gasteiger partial charge in [0.1, 0.15) is 11.9 Å². The van der Waals surface area contributed by atoms with Gasteiger partial charge < -0.3 is 15.0 Å². The fourth-order valence-electron chi connectivity index (χ4n) is 3.47. The van der Waals surface area contributed by atoms with Gasteiger partial charge in [0.25, 0.3) is 6.02 Å². The zero-order valence-electron chi connectivity index (χ0n) is 18.0. The number of nitrogens with zero attached hydrogens (tertiary/aromatic N) is 2. The highest BCUT2D eigenvalue weighted by Crippen LogP contribution is 2.20. The molecule has 0 aromatic heterocycles. The van der Waals surface area contributed by atoms with Crippen LogP contribution in [0.5, 0.6) is 0 Å². The minimum Gasteiger partial charge on any atom is -0.460 e. The molecule has 2 fully saturated rings. The number of aliphatic imine (C=N–C) groups is 1. The van der Waals surface area contributed by atoms with Crippen LogP contribution < -0.4 is 5.32 Å². The Bertz CT molecular complexity index is 767. The van der Waals surface area contributed by atoms with Gasteiger partial charge in [-0.1, -0.05) is 68.1 Å². The molecule has 1 atom stereocenters. The minimum absolute atomic E-state index is 0.178. The summed E-state index contributed by atoms with van der Waals surface area (Å²) < 4.78 is 17.9. The number of hydrogen-bond acceptors (Lipinski definition) is 3. The van der Waals surface area contributed by atoms with E-state index < -0.39 is 0 Å².